The van der Waals surface area contributed by atoms with Crippen molar-refractivity contribution in [2.75, 3.05) is 0 Å². The van der Waals surface area contributed by atoms with Gasteiger partial charge in [-0.05, 0) is 12.1 Å². The Bertz CT molecular complexity index is 119. The third-order valence-corrected chi connectivity index (χ3v) is 0.566. The third-order valence-electron chi connectivity index (χ3n) is 0.566. The van der Waals surface area contributed by atoms with Crippen molar-refractivity contribution in [3.8, 4) is 0 Å². The first-order valence-corrected chi connectivity index (χ1v) is 2.34. The Morgan fingerprint density at radius 1 is 1.20 bits per heavy atom. The van der Waals surface area contributed by atoms with E-state index in [9.17, 15) is 0 Å². The van der Waals surface area contributed by atoms with Crippen LogP contribution in [0.3, 0.4) is 0 Å². The van der Waals surface area contributed by atoms with Crippen molar-refractivity contribution in [2.45, 2.75) is 0 Å². The van der Waals surface area contributed by atoms with Crippen molar-refractivity contribution in [3.63, 3.8) is 0 Å². The molecule has 0 radical (unpaired) electrons. The molecule has 0 aliphatic carbocycles. The normalized spacial score (nSPS) is 6.00. The quantitative estimate of drug-likeness (QED) is 0.461. The molecule has 10 heavy (non-hydrogen) atoms. The van der Waals surface area contributed by atoms with E-state index in [4.69, 9.17) is 9.90 Å². The van der Waals surface area contributed by atoms with Crippen LogP contribution in [0.25, 0.3) is 0 Å². The van der Waals surface area contributed by atoms with E-state index in [1.807, 2.05) is 18.2 Å². The van der Waals surface area contributed by atoms with Gasteiger partial charge in [-0.3, -0.25) is 9.78 Å². The molecule has 0 fully saturated rings. The summed E-state index contributed by atoms with van der Waals surface area (Å²) in [5.41, 5.74) is 0. The fourth-order valence-corrected chi connectivity index (χ4v) is 0.313. The van der Waals surface area contributed by atoms with Crippen molar-refractivity contribution in [3.05, 3.63) is 30.6 Å². The number of hydrogen-bond donors (Lipinski definition) is 1. The van der Waals surface area contributed by atoms with Gasteiger partial charge in [0.1, 0.15) is 0 Å². The van der Waals surface area contributed by atoms with Gasteiger partial charge in [0.05, 0.1) is 0 Å². The minimum absolute atomic E-state index is 0. The second kappa shape index (κ2) is 11.0. The first kappa shape index (κ1) is 11.9. The molecule has 1 aromatic heterocycles. The topological polar surface area (TPSA) is 50.2 Å². The number of rotatable bonds is 0. The van der Waals surface area contributed by atoms with E-state index in [-0.39, 0.29) is 24.4 Å². The molecule has 0 saturated carbocycles. The van der Waals surface area contributed by atoms with Gasteiger partial charge in [-0.2, -0.15) is 0 Å². The number of carboxylic acid groups (broad SMARTS) is 1. The molecule has 56 valence electrons. The van der Waals surface area contributed by atoms with Gasteiger partial charge in [0.15, 0.2) is 0 Å². The summed E-state index contributed by atoms with van der Waals surface area (Å²) in [6.07, 6.45) is 3.50. The number of aromatic nitrogens is 1. The fourth-order valence-electron chi connectivity index (χ4n) is 0.313. The zero-order valence-electron chi connectivity index (χ0n) is 5.47. The number of pyridine rings is 1. The molecule has 1 aromatic rings. The predicted octanol–water partition coefficient (Wildman–Crippen LogP) is -0.401. The van der Waals surface area contributed by atoms with E-state index in [1.54, 1.807) is 12.4 Å². The summed E-state index contributed by atoms with van der Waals surface area (Å²) in [7, 11) is 0. The van der Waals surface area contributed by atoms with Gasteiger partial charge in [-0.1, -0.05) is 6.07 Å². The average Bonchev–Trinajstić information content (AvgIpc) is 1.93. The number of nitrogens with zero attached hydrogens (tertiary/aromatic N) is 1. The van der Waals surface area contributed by atoms with E-state index >= 15 is 0 Å². The molecule has 1 rings (SSSR count). The summed E-state index contributed by atoms with van der Waals surface area (Å²) in [5.74, 6) is 0. The fraction of sp³-hybridized carbons (Fsp3) is 0. The van der Waals surface area contributed by atoms with Gasteiger partial charge in [-0.25, -0.2) is 0 Å². The smallest absolute Gasteiger partial charge is 0.0267 e. The van der Waals surface area contributed by atoms with Crippen LogP contribution in [0.1, 0.15) is 0 Å². The molecule has 1 unspecified atom stereocenters. The number of carbonyl (C=O) groups is 1. The molecule has 0 bridgehead atoms. The Balaban J connectivity index is 0. The van der Waals surface area contributed by atoms with Crippen LogP contribution in [0.4, 0.5) is 0 Å². The molecule has 0 amide bonds. The first-order chi connectivity index (χ1) is 4.41. The molecule has 1 atom stereocenters. The van der Waals surface area contributed by atoms with Crippen LogP contribution >= 0.6 is 0 Å². The summed E-state index contributed by atoms with van der Waals surface area (Å²) >= 11 is 0. The molecule has 0 aromatic carbocycles. The van der Waals surface area contributed by atoms with Crippen molar-refractivity contribution < 1.29 is 9.90 Å². The van der Waals surface area contributed by atoms with Crippen LogP contribution in [0.2, 0.25) is 0 Å². The third kappa shape index (κ3) is 10.2. The molecular weight excluding hydrogens is 193 g/mol. The minimum atomic E-state index is -0.250. The van der Waals surface area contributed by atoms with Crippen molar-refractivity contribution in [1.29, 1.82) is 0 Å². The Morgan fingerprint density at radius 2 is 1.60 bits per heavy atom. The Labute approximate surface area is 70.4 Å². The molecule has 0 aliphatic rings. The molecule has 1 N–H and O–H groups in total. The van der Waals surface area contributed by atoms with Crippen LogP contribution in [0.5, 0.6) is 0 Å². The number of hydrogen-bond acceptors (Lipinski definition) is 2. The maximum Gasteiger partial charge on any atom is 0.0267 e. The monoisotopic (exact) mass is 203 g/mol. The van der Waals surface area contributed by atoms with Gasteiger partial charge in [0.25, 0.3) is 6.47 Å². The van der Waals surface area contributed by atoms with E-state index in [0.717, 1.165) is 0 Å². The van der Waals surface area contributed by atoms with Crippen LogP contribution in [0.15, 0.2) is 30.6 Å². The molecule has 0 saturated heterocycles. The molecule has 0 spiro atoms. The second-order valence-corrected chi connectivity index (χ2v) is 1.13. The zero-order valence-corrected chi connectivity index (χ0v) is 8.44. The Morgan fingerprint density at radius 3 is 1.70 bits per heavy atom. The van der Waals surface area contributed by atoms with Crippen molar-refractivity contribution >= 4 is 24.4 Å². The molecule has 1 heterocycles. The van der Waals surface area contributed by atoms with Crippen LogP contribution in [0, 0.1) is 0 Å². The first-order valence-electron chi connectivity index (χ1n) is 2.34. The van der Waals surface area contributed by atoms with Gasteiger partial charge < -0.3 is 5.11 Å². The van der Waals surface area contributed by atoms with Gasteiger partial charge in [0, 0.05) is 12.4 Å². The molecule has 4 heteroatoms. The van der Waals surface area contributed by atoms with Crippen LogP contribution in [-0.2, 0) is 4.79 Å². The summed E-state index contributed by atoms with van der Waals surface area (Å²) in [4.78, 5) is 12.1. The van der Waals surface area contributed by atoms with Crippen LogP contribution in [-0.4, -0.2) is 34.5 Å². The van der Waals surface area contributed by atoms with Gasteiger partial charge >= 0.3 is 18.0 Å². The van der Waals surface area contributed by atoms with Crippen LogP contribution < -0.4 is 0 Å². The largest absolute Gasteiger partial charge is 0.265 e. The summed E-state index contributed by atoms with van der Waals surface area (Å²) in [5, 5.41) is 6.89. The van der Waals surface area contributed by atoms with E-state index < -0.39 is 0 Å². The van der Waals surface area contributed by atoms with E-state index in [0.29, 0.717) is 0 Å². The predicted molar refractivity (Wildman–Crippen MR) is 42.9 cm³/mol. The minimum Gasteiger partial charge on any atom is -0.265 e. The van der Waals surface area contributed by atoms with Crippen molar-refractivity contribution in [1.82, 2.24) is 4.98 Å². The van der Waals surface area contributed by atoms with Crippen molar-refractivity contribution in [2.24, 2.45) is 0 Å². The maximum atomic E-state index is 8.36. The average molecular weight is 203 g/mol. The SMILES string of the molecule is O=CO.[AsH3].c1ccncc1. The zero-order chi connectivity index (χ0) is 6.95. The molecular formula is C6H10AsNO2. The second-order valence-electron chi connectivity index (χ2n) is 1.13. The van der Waals surface area contributed by atoms with E-state index in [1.165, 1.54) is 0 Å². The molecule has 3 nitrogen and oxygen atoms in total. The Hall–Kier alpha value is -0.822. The molecule has 0 aliphatic heterocycles. The van der Waals surface area contributed by atoms with Gasteiger partial charge in [0.2, 0.25) is 0 Å². The maximum absolute atomic E-state index is 8.36. The van der Waals surface area contributed by atoms with E-state index in [2.05, 4.69) is 4.98 Å². The summed E-state index contributed by atoms with van der Waals surface area (Å²) in [6, 6.07) is 5.72. The summed E-state index contributed by atoms with van der Waals surface area (Å²) < 4.78 is 0. The van der Waals surface area contributed by atoms with Gasteiger partial charge in [-0.15, -0.1) is 0 Å². The Kier molecular flexibility index (Phi) is 13.2. The summed E-state index contributed by atoms with van der Waals surface area (Å²) in [6.45, 7) is -0.250. The standard InChI is InChI=1S/C5H5N.CH2O2.AsH3/c1-2-4-6-5-3-1;2-1-3;/h1-5H;1H,(H,2,3);1H3.